The van der Waals surface area contributed by atoms with Crippen LogP contribution < -0.4 is 0 Å². The second-order valence-corrected chi connectivity index (χ2v) is 4.50. The molecule has 4 atom stereocenters. The van der Waals surface area contributed by atoms with Crippen molar-refractivity contribution in [1.29, 1.82) is 0 Å². The molecule has 0 bridgehead atoms. The summed E-state index contributed by atoms with van der Waals surface area (Å²) in [7, 11) is 0. The van der Waals surface area contributed by atoms with E-state index in [0.29, 0.717) is 6.61 Å². The van der Waals surface area contributed by atoms with Gasteiger partial charge in [0.1, 0.15) is 6.10 Å². The van der Waals surface area contributed by atoms with Crippen molar-refractivity contribution in [2.75, 3.05) is 13.2 Å². The second-order valence-electron chi connectivity index (χ2n) is 4.50. The van der Waals surface area contributed by atoms with Crippen molar-refractivity contribution in [1.82, 2.24) is 0 Å². The van der Waals surface area contributed by atoms with Gasteiger partial charge in [-0.2, -0.15) is 0 Å². The van der Waals surface area contributed by atoms with Crippen molar-refractivity contribution >= 4 is 0 Å². The molecule has 0 amide bonds. The highest BCUT2D eigenvalue weighted by Crippen LogP contribution is 2.31. The maximum atomic E-state index is 10.4. The molecule has 0 saturated heterocycles. The predicted octanol–water partition coefficient (Wildman–Crippen LogP) is 1.65. The molecule has 4 nitrogen and oxygen atoms in total. The van der Waals surface area contributed by atoms with Gasteiger partial charge in [0.25, 0.3) is 0 Å². The molecule has 1 aliphatic heterocycles. The van der Waals surface area contributed by atoms with Gasteiger partial charge in [0.15, 0.2) is 6.29 Å². The summed E-state index contributed by atoms with van der Waals surface area (Å²) in [5, 5.41) is 19.6. The zero-order chi connectivity index (χ0) is 13.7. The highest BCUT2D eigenvalue weighted by molar-refractivity contribution is 5.20. The van der Waals surface area contributed by atoms with Crippen LogP contribution in [0.3, 0.4) is 0 Å². The molecule has 1 heterocycles. The first-order chi connectivity index (χ1) is 9.26. The minimum absolute atomic E-state index is 0.0891. The summed E-state index contributed by atoms with van der Waals surface area (Å²) < 4.78 is 11.1. The monoisotopic (exact) mass is 264 g/mol. The van der Waals surface area contributed by atoms with Gasteiger partial charge in [-0.05, 0) is 12.5 Å². The molecule has 104 valence electrons. The van der Waals surface area contributed by atoms with E-state index in [1.807, 2.05) is 43.3 Å². The maximum absolute atomic E-state index is 10.4. The number of ether oxygens (including phenoxy) is 2. The topological polar surface area (TPSA) is 58.9 Å². The summed E-state index contributed by atoms with van der Waals surface area (Å²) in [4.78, 5) is 0. The molecule has 1 aliphatic rings. The first kappa shape index (κ1) is 14.2. The van der Waals surface area contributed by atoms with E-state index in [1.54, 1.807) is 6.08 Å². The Morgan fingerprint density at radius 2 is 2.00 bits per heavy atom. The van der Waals surface area contributed by atoms with Crippen molar-refractivity contribution in [2.45, 2.75) is 25.4 Å². The quantitative estimate of drug-likeness (QED) is 0.794. The van der Waals surface area contributed by atoms with Gasteiger partial charge in [0.05, 0.1) is 18.6 Å². The van der Waals surface area contributed by atoms with Gasteiger partial charge < -0.3 is 19.7 Å². The molecule has 2 N–H and O–H groups in total. The fourth-order valence-corrected chi connectivity index (χ4v) is 2.20. The van der Waals surface area contributed by atoms with Crippen LogP contribution in [-0.4, -0.2) is 35.8 Å². The van der Waals surface area contributed by atoms with Crippen LogP contribution in [0.2, 0.25) is 0 Å². The smallest absolute Gasteiger partial charge is 0.167 e. The Morgan fingerprint density at radius 1 is 1.26 bits per heavy atom. The summed E-state index contributed by atoms with van der Waals surface area (Å²) in [6.07, 6.45) is 2.04. The molecule has 0 unspecified atom stereocenters. The fraction of sp³-hybridized carbons (Fsp3) is 0.467. The predicted molar refractivity (Wildman–Crippen MR) is 71.4 cm³/mol. The average Bonchev–Trinajstić information content (AvgIpc) is 2.47. The third-order valence-corrected chi connectivity index (χ3v) is 3.19. The number of aliphatic hydroxyl groups excluding tert-OH is 2. The number of aliphatic hydroxyl groups is 2. The molecule has 0 fully saturated rings. The van der Waals surface area contributed by atoms with E-state index in [4.69, 9.17) is 14.6 Å². The molecule has 1 aromatic carbocycles. The van der Waals surface area contributed by atoms with E-state index in [0.717, 1.165) is 5.56 Å². The summed E-state index contributed by atoms with van der Waals surface area (Å²) in [6.45, 7) is 2.28. The van der Waals surface area contributed by atoms with Crippen molar-refractivity contribution < 1.29 is 19.7 Å². The van der Waals surface area contributed by atoms with Gasteiger partial charge in [-0.1, -0.05) is 42.5 Å². The molecule has 4 heteroatoms. The summed E-state index contributed by atoms with van der Waals surface area (Å²) in [5.74, 6) is -0.273. The molecule has 0 aromatic heterocycles. The molecule has 19 heavy (non-hydrogen) atoms. The third kappa shape index (κ3) is 3.42. The zero-order valence-corrected chi connectivity index (χ0v) is 11.0. The molecule has 0 saturated carbocycles. The molecule has 2 rings (SSSR count). The Bertz CT molecular complexity index is 404. The Kier molecular flexibility index (Phi) is 5.10. The minimum atomic E-state index is -0.686. The maximum Gasteiger partial charge on any atom is 0.167 e. The lowest BCUT2D eigenvalue weighted by Crippen LogP contribution is -2.38. The van der Waals surface area contributed by atoms with Crippen molar-refractivity contribution in [3.63, 3.8) is 0 Å². The lowest BCUT2D eigenvalue weighted by Gasteiger charge is -2.34. The van der Waals surface area contributed by atoms with Crippen LogP contribution in [0, 0.1) is 5.92 Å². The lowest BCUT2D eigenvalue weighted by molar-refractivity contribution is -0.205. The van der Waals surface area contributed by atoms with Gasteiger partial charge in [-0.15, -0.1) is 0 Å². The largest absolute Gasteiger partial charge is 0.393 e. The first-order valence-electron chi connectivity index (χ1n) is 6.55. The average molecular weight is 264 g/mol. The van der Waals surface area contributed by atoms with Crippen LogP contribution in [0.25, 0.3) is 0 Å². The van der Waals surface area contributed by atoms with Crippen molar-refractivity contribution in [3.05, 3.63) is 48.0 Å². The number of hydrogen-bond donors (Lipinski definition) is 2. The van der Waals surface area contributed by atoms with E-state index in [1.165, 1.54) is 0 Å². The first-order valence-corrected chi connectivity index (χ1v) is 6.55. The molecule has 0 aliphatic carbocycles. The number of hydrogen-bond acceptors (Lipinski definition) is 4. The summed E-state index contributed by atoms with van der Waals surface area (Å²) in [6, 6.07) is 9.43. The Labute approximate surface area is 113 Å². The number of rotatable bonds is 5. The Hall–Kier alpha value is -1.20. The van der Waals surface area contributed by atoms with Gasteiger partial charge in [0, 0.05) is 6.61 Å². The molecule has 1 aromatic rings. The van der Waals surface area contributed by atoms with E-state index < -0.39 is 12.4 Å². The van der Waals surface area contributed by atoms with Gasteiger partial charge in [-0.25, -0.2) is 0 Å². The third-order valence-electron chi connectivity index (χ3n) is 3.19. The summed E-state index contributed by atoms with van der Waals surface area (Å²) >= 11 is 0. The molecule has 0 radical (unpaired) electrons. The Balaban J connectivity index is 2.16. The normalized spacial score (nSPS) is 28.3. The number of benzene rings is 1. The van der Waals surface area contributed by atoms with Crippen LogP contribution in [-0.2, 0) is 9.47 Å². The standard InChI is InChI=1S/C15H20O4/c1-2-18-15-13(9-8-12(10-16)19-15)14(17)11-6-4-3-5-7-11/h3-9,12-17H,2,10H2,1H3/t12-,13+,14+,15-/m0/s1. The summed E-state index contributed by atoms with van der Waals surface area (Å²) in [5.41, 5.74) is 0.827. The van der Waals surface area contributed by atoms with Crippen LogP contribution in [0.5, 0.6) is 0 Å². The fourth-order valence-electron chi connectivity index (χ4n) is 2.20. The van der Waals surface area contributed by atoms with Gasteiger partial charge in [0.2, 0.25) is 0 Å². The van der Waals surface area contributed by atoms with Crippen molar-refractivity contribution in [2.24, 2.45) is 5.92 Å². The molecular weight excluding hydrogens is 244 g/mol. The van der Waals surface area contributed by atoms with Crippen LogP contribution in [0.1, 0.15) is 18.6 Å². The van der Waals surface area contributed by atoms with Crippen LogP contribution in [0.4, 0.5) is 0 Å². The van der Waals surface area contributed by atoms with Crippen LogP contribution in [0.15, 0.2) is 42.5 Å². The van der Waals surface area contributed by atoms with Crippen LogP contribution >= 0.6 is 0 Å². The minimum Gasteiger partial charge on any atom is -0.393 e. The molecule has 0 spiro atoms. The Morgan fingerprint density at radius 3 is 2.63 bits per heavy atom. The van der Waals surface area contributed by atoms with E-state index in [-0.39, 0.29) is 18.6 Å². The van der Waals surface area contributed by atoms with Crippen molar-refractivity contribution in [3.8, 4) is 0 Å². The highest BCUT2D eigenvalue weighted by atomic mass is 16.7. The van der Waals surface area contributed by atoms with Gasteiger partial charge in [-0.3, -0.25) is 0 Å². The zero-order valence-electron chi connectivity index (χ0n) is 11.0. The van der Waals surface area contributed by atoms with Gasteiger partial charge >= 0.3 is 0 Å². The highest BCUT2D eigenvalue weighted by Gasteiger charge is 2.33. The second kappa shape index (κ2) is 6.82. The van der Waals surface area contributed by atoms with E-state index in [9.17, 15) is 5.11 Å². The molecular formula is C15H20O4. The van der Waals surface area contributed by atoms with E-state index in [2.05, 4.69) is 0 Å². The van der Waals surface area contributed by atoms with E-state index >= 15 is 0 Å². The SMILES string of the molecule is CCO[C@H]1O[C@H](CO)C=C[C@@H]1[C@H](O)c1ccccc1. The lowest BCUT2D eigenvalue weighted by atomic mass is 9.92.